The molecule has 5 rings (SSSR count). The molecule has 4 heterocycles. The first kappa shape index (κ1) is 45.1. The first-order valence-corrected chi connectivity index (χ1v) is 20.5. The lowest BCUT2D eigenvalue weighted by atomic mass is 9.86. The first-order chi connectivity index (χ1) is 28.3. The summed E-state index contributed by atoms with van der Waals surface area (Å²) in [6.07, 6.45) is 5.66. The molecule has 17 nitrogen and oxygen atoms in total. The Labute approximate surface area is 351 Å². The third kappa shape index (κ3) is 10.4. The molecule has 60 heavy (non-hydrogen) atoms. The molecule has 0 aliphatic carbocycles. The quantitative estimate of drug-likeness (QED) is 0.0973. The Bertz CT molecular complexity index is 2100. The Kier molecular flexibility index (Phi) is 14.3. The number of amides is 6. The molecule has 0 bridgehead atoms. The van der Waals surface area contributed by atoms with E-state index in [4.69, 9.17) is 0 Å². The molecule has 2 aliphatic heterocycles. The van der Waals surface area contributed by atoms with Crippen molar-refractivity contribution in [2.75, 3.05) is 49.3 Å². The lowest BCUT2D eigenvalue weighted by Crippen LogP contribution is -2.66. The van der Waals surface area contributed by atoms with E-state index in [9.17, 15) is 28.8 Å². The Morgan fingerprint density at radius 2 is 1.77 bits per heavy atom. The van der Waals surface area contributed by atoms with Crippen molar-refractivity contribution < 1.29 is 28.8 Å². The molecule has 0 unspecified atom stereocenters. The standard InChI is InChI=1S/C43H59N11O6/c1-26(2)21-32(37(57)52(7)8)49-38(58)42(5,6)51-39(59)43(18-12-20-47-43)34(55)13-10-11-19-44-36(56)29-16-14-27(3)33(22-29)54-25-30-23-46-40(50-35(30)53(9)41(54)60)48-31-17-15-28(4)45-24-31/h14-17,22-24,26,32,47H,10-13,18-21,25H2,1-9H3,(H,44,56)(H,49,58)(H,51,59)(H,46,48,50)/t32-,43-/m0/s1. The molecule has 5 N–H and O–H groups in total. The molecule has 322 valence electrons. The number of urea groups is 1. The second-order valence-corrected chi connectivity index (χ2v) is 16.8. The number of nitrogens with zero attached hydrogens (tertiary/aromatic N) is 6. The van der Waals surface area contributed by atoms with E-state index in [-0.39, 0.29) is 55.5 Å². The summed E-state index contributed by atoms with van der Waals surface area (Å²) in [6, 6.07) is 7.86. The second-order valence-electron chi connectivity index (χ2n) is 16.8. The van der Waals surface area contributed by atoms with Crippen LogP contribution in [0.25, 0.3) is 0 Å². The molecule has 0 saturated carbocycles. The maximum atomic E-state index is 13.8. The fourth-order valence-corrected chi connectivity index (χ4v) is 7.29. The number of nitrogens with one attached hydrogen (secondary N) is 5. The van der Waals surface area contributed by atoms with Crippen LogP contribution >= 0.6 is 0 Å². The van der Waals surface area contributed by atoms with Gasteiger partial charge in [0.25, 0.3) is 5.91 Å². The minimum atomic E-state index is -1.49. The molecule has 6 amide bonds. The van der Waals surface area contributed by atoms with E-state index in [0.717, 1.165) is 22.5 Å². The van der Waals surface area contributed by atoms with Crippen molar-refractivity contribution in [1.29, 1.82) is 0 Å². The average molecular weight is 826 g/mol. The highest BCUT2D eigenvalue weighted by Gasteiger charge is 2.49. The van der Waals surface area contributed by atoms with Crippen LogP contribution in [-0.4, -0.2) is 107 Å². The van der Waals surface area contributed by atoms with Crippen LogP contribution in [0.1, 0.15) is 93.4 Å². The molecule has 0 radical (unpaired) electrons. The van der Waals surface area contributed by atoms with Crippen LogP contribution in [0.5, 0.6) is 0 Å². The predicted molar refractivity (Wildman–Crippen MR) is 229 cm³/mol. The third-order valence-corrected chi connectivity index (χ3v) is 10.8. The van der Waals surface area contributed by atoms with Gasteiger partial charge in [0, 0.05) is 62.8 Å². The zero-order valence-electron chi connectivity index (χ0n) is 36.2. The monoisotopic (exact) mass is 825 g/mol. The van der Waals surface area contributed by atoms with E-state index in [1.165, 1.54) is 9.80 Å². The predicted octanol–water partition coefficient (Wildman–Crippen LogP) is 3.91. The number of fused-ring (bicyclic) bond motifs is 1. The number of Topliss-reactive ketones (excluding diaryl/α,β-unsaturated/α-hetero) is 1. The molecule has 1 saturated heterocycles. The highest BCUT2D eigenvalue weighted by atomic mass is 16.2. The van der Waals surface area contributed by atoms with Crippen LogP contribution in [-0.2, 0) is 25.7 Å². The summed E-state index contributed by atoms with van der Waals surface area (Å²) >= 11 is 0. The Morgan fingerprint density at radius 1 is 1.02 bits per heavy atom. The molecular weight excluding hydrogens is 767 g/mol. The van der Waals surface area contributed by atoms with Crippen LogP contribution in [0.3, 0.4) is 0 Å². The van der Waals surface area contributed by atoms with Gasteiger partial charge in [0.1, 0.15) is 17.4 Å². The van der Waals surface area contributed by atoms with Crippen molar-refractivity contribution in [1.82, 2.24) is 41.1 Å². The molecule has 3 aromatic rings. The van der Waals surface area contributed by atoms with Gasteiger partial charge >= 0.3 is 6.03 Å². The lowest BCUT2D eigenvalue weighted by molar-refractivity contribution is -0.142. The normalized spacial score (nSPS) is 16.9. The molecule has 2 aliphatic rings. The molecule has 1 fully saturated rings. The molecule has 2 atom stereocenters. The topological polar surface area (TPSA) is 211 Å². The number of anilines is 4. The number of carbonyl (C=O) groups is 6. The van der Waals surface area contributed by atoms with E-state index in [0.29, 0.717) is 55.2 Å². The van der Waals surface area contributed by atoms with E-state index in [2.05, 4.69) is 41.5 Å². The highest BCUT2D eigenvalue weighted by molar-refractivity contribution is 6.12. The van der Waals surface area contributed by atoms with Crippen LogP contribution in [0, 0.1) is 19.8 Å². The van der Waals surface area contributed by atoms with Crippen molar-refractivity contribution in [2.24, 2.45) is 5.92 Å². The number of hydrogen-bond acceptors (Lipinski definition) is 11. The van der Waals surface area contributed by atoms with Crippen molar-refractivity contribution >= 4 is 58.6 Å². The maximum absolute atomic E-state index is 13.8. The number of pyridine rings is 1. The van der Waals surface area contributed by atoms with E-state index < -0.39 is 28.9 Å². The summed E-state index contributed by atoms with van der Waals surface area (Å²) in [7, 11) is 4.89. The van der Waals surface area contributed by atoms with E-state index in [1.807, 2.05) is 39.8 Å². The molecule has 17 heteroatoms. The van der Waals surface area contributed by atoms with Crippen LogP contribution in [0.2, 0.25) is 0 Å². The Balaban J connectivity index is 1.15. The van der Waals surface area contributed by atoms with Gasteiger partial charge in [-0.3, -0.25) is 44.1 Å². The Morgan fingerprint density at radius 3 is 2.42 bits per heavy atom. The van der Waals surface area contributed by atoms with Crippen molar-refractivity contribution in [3.63, 3.8) is 0 Å². The van der Waals surface area contributed by atoms with Crippen molar-refractivity contribution in [2.45, 2.75) is 104 Å². The summed E-state index contributed by atoms with van der Waals surface area (Å²) < 4.78 is 0. The van der Waals surface area contributed by atoms with E-state index >= 15 is 0 Å². The van der Waals surface area contributed by atoms with Gasteiger partial charge in [-0.2, -0.15) is 4.98 Å². The van der Waals surface area contributed by atoms with Gasteiger partial charge in [-0.15, -0.1) is 0 Å². The Hall–Kier alpha value is -5.97. The first-order valence-electron chi connectivity index (χ1n) is 20.5. The average Bonchev–Trinajstić information content (AvgIpc) is 3.71. The summed E-state index contributed by atoms with van der Waals surface area (Å²) in [5, 5.41) is 14.7. The van der Waals surface area contributed by atoms with Gasteiger partial charge < -0.3 is 26.2 Å². The van der Waals surface area contributed by atoms with Crippen LogP contribution in [0.4, 0.5) is 27.9 Å². The van der Waals surface area contributed by atoms with Gasteiger partial charge in [-0.1, -0.05) is 19.9 Å². The number of carbonyl (C=O) groups excluding carboxylic acids is 6. The number of benzene rings is 1. The molecular formula is C43H59N11O6. The summed E-state index contributed by atoms with van der Waals surface area (Å²) in [6.45, 7) is 11.7. The second kappa shape index (κ2) is 19.0. The summed E-state index contributed by atoms with van der Waals surface area (Å²) in [5.41, 5.74) is 1.19. The number of likely N-dealkylation sites (N-methyl/N-ethyl adjacent to an activating group) is 1. The smallest absolute Gasteiger partial charge is 0.330 e. The summed E-state index contributed by atoms with van der Waals surface area (Å²) in [4.78, 5) is 98.4. The SMILES string of the molecule is Cc1ccc(Nc2ncc3c(n2)N(C)C(=O)N(c2cc(C(=O)NCCCCC(=O)[C@]4(C(=O)NC(C)(C)C(=O)N[C@@H](CC(C)C)C(=O)N(C)C)CCCN4)ccc2C)C3)cn1. The highest BCUT2D eigenvalue weighted by Crippen LogP contribution is 2.33. The zero-order valence-corrected chi connectivity index (χ0v) is 36.2. The fourth-order valence-electron chi connectivity index (χ4n) is 7.29. The van der Waals surface area contributed by atoms with Gasteiger partial charge in [-0.05, 0) is 102 Å². The number of unbranched alkanes of at least 4 members (excludes halogenated alkanes) is 1. The van der Waals surface area contributed by atoms with Gasteiger partial charge in [0.05, 0.1) is 18.4 Å². The van der Waals surface area contributed by atoms with Crippen molar-refractivity contribution in [3.8, 4) is 0 Å². The molecule has 2 aromatic heterocycles. The molecule has 0 spiro atoms. The van der Waals surface area contributed by atoms with Crippen LogP contribution < -0.4 is 36.4 Å². The minimum Gasteiger partial charge on any atom is -0.352 e. The van der Waals surface area contributed by atoms with Gasteiger partial charge in [0.15, 0.2) is 11.3 Å². The zero-order chi connectivity index (χ0) is 43.9. The van der Waals surface area contributed by atoms with Gasteiger partial charge in [0.2, 0.25) is 23.7 Å². The lowest BCUT2D eigenvalue weighted by Gasteiger charge is -2.35. The number of aryl methyl sites for hydroxylation is 2. The fraction of sp³-hybridized carbons (Fsp3) is 0.512. The third-order valence-electron chi connectivity index (χ3n) is 10.8. The summed E-state index contributed by atoms with van der Waals surface area (Å²) in [5.74, 6) is -1.02. The number of hydrogen-bond donors (Lipinski definition) is 5. The number of aromatic nitrogens is 3. The van der Waals surface area contributed by atoms with Gasteiger partial charge in [-0.25, -0.2) is 9.78 Å². The van der Waals surface area contributed by atoms with Crippen LogP contribution in [0.15, 0.2) is 42.7 Å². The number of rotatable bonds is 17. The maximum Gasteiger partial charge on any atom is 0.330 e. The van der Waals surface area contributed by atoms with E-state index in [1.54, 1.807) is 70.5 Å². The minimum absolute atomic E-state index is 0.0852. The number of ketones is 1. The molecule has 1 aromatic carbocycles. The largest absolute Gasteiger partial charge is 0.352 e. The van der Waals surface area contributed by atoms with Crippen molar-refractivity contribution in [3.05, 3.63) is 65.1 Å².